The minimum atomic E-state index is -0.649. The number of methoxy groups -OCH3 is 1. The van der Waals surface area contributed by atoms with E-state index in [2.05, 4.69) is 10.6 Å². The van der Waals surface area contributed by atoms with Crippen LogP contribution >= 0.6 is 11.6 Å². The third kappa shape index (κ3) is 5.22. The minimum Gasteiger partial charge on any atom is -0.497 e. The molecule has 1 saturated heterocycles. The second-order valence-electron chi connectivity index (χ2n) is 7.29. The molecule has 7 nitrogen and oxygen atoms in total. The molecule has 0 radical (unpaired) electrons. The number of hydrogen-bond donors (Lipinski definition) is 2. The quantitative estimate of drug-likeness (QED) is 0.416. The molecule has 0 aliphatic carbocycles. The van der Waals surface area contributed by atoms with Crippen LogP contribution in [0.15, 0.2) is 78.5 Å². The Morgan fingerprint density at radius 3 is 2.45 bits per heavy atom. The van der Waals surface area contributed by atoms with Crippen molar-refractivity contribution < 1.29 is 19.1 Å². The van der Waals surface area contributed by atoms with Crippen LogP contribution < -0.4 is 15.4 Å². The smallest absolute Gasteiger partial charge is 0.329 e. The van der Waals surface area contributed by atoms with Crippen LogP contribution in [0.5, 0.6) is 5.75 Å². The van der Waals surface area contributed by atoms with Crippen molar-refractivity contribution in [2.24, 2.45) is 0 Å². The van der Waals surface area contributed by atoms with Crippen LogP contribution in [0.1, 0.15) is 5.56 Å². The Morgan fingerprint density at radius 1 is 1.03 bits per heavy atom. The SMILES string of the molecule is COc1ccc(-c2cccc(/C=C3\NC(=O)N(CC(=O)Nc4ccc(Cl)cc4)C3=O)c2)cc1. The van der Waals surface area contributed by atoms with Crippen molar-refractivity contribution in [3.8, 4) is 16.9 Å². The first-order valence-electron chi connectivity index (χ1n) is 10.1. The number of carbonyl (C=O) groups is 3. The van der Waals surface area contributed by atoms with Gasteiger partial charge in [0.05, 0.1) is 7.11 Å². The van der Waals surface area contributed by atoms with E-state index in [0.717, 1.165) is 27.3 Å². The normalized spacial score (nSPS) is 14.4. The molecule has 1 fully saturated rings. The van der Waals surface area contributed by atoms with Crippen molar-refractivity contribution >= 4 is 41.2 Å². The van der Waals surface area contributed by atoms with Crippen molar-refractivity contribution in [3.05, 3.63) is 89.1 Å². The molecule has 8 heteroatoms. The van der Waals surface area contributed by atoms with Crippen molar-refractivity contribution in [3.63, 3.8) is 0 Å². The first kappa shape index (κ1) is 22.1. The van der Waals surface area contributed by atoms with Crippen molar-refractivity contribution in [2.75, 3.05) is 19.0 Å². The lowest BCUT2D eigenvalue weighted by Crippen LogP contribution is -2.38. The number of imide groups is 1. The lowest BCUT2D eigenvalue weighted by Gasteiger charge is -2.12. The van der Waals surface area contributed by atoms with Crippen LogP contribution in [0, 0.1) is 0 Å². The Bertz CT molecular complexity index is 1240. The first-order chi connectivity index (χ1) is 15.9. The number of nitrogens with zero attached hydrogens (tertiary/aromatic N) is 1. The molecule has 2 N–H and O–H groups in total. The summed E-state index contributed by atoms with van der Waals surface area (Å²) in [7, 11) is 1.61. The number of ether oxygens (including phenoxy) is 1. The van der Waals surface area contributed by atoms with Gasteiger partial charge in [0.2, 0.25) is 5.91 Å². The van der Waals surface area contributed by atoms with E-state index in [1.807, 2.05) is 48.5 Å². The largest absolute Gasteiger partial charge is 0.497 e. The first-order valence-corrected chi connectivity index (χ1v) is 10.5. The number of benzene rings is 3. The summed E-state index contributed by atoms with van der Waals surface area (Å²) in [6.07, 6.45) is 1.59. The van der Waals surface area contributed by atoms with Gasteiger partial charge in [0.15, 0.2) is 0 Å². The summed E-state index contributed by atoms with van der Waals surface area (Å²) < 4.78 is 5.19. The van der Waals surface area contributed by atoms with Gasteiger partial charge in [-0.15, -0.1) is 0 Å². The van der Waals surface area contributed by atoms with Crippen LogP contribution in [-0.4, -0.2) is 36.4 Å². The van der Waals surface area contributed by atoms with Gasteiger partial charge < -0.3 is 15.4 Å². The highest BCUT2D eigenvalue weighted by molar-refractivity contribution is 6.30. The minimum absolute atomic E-state index is 0.103. The van der Waals surface area contributed by atoms with Gasteiger partial charge in [-0.2, -0.15) is 0 Å². The van der Waals surface area contributed by atoms with Crippen molar-refractivity contribution in [2.45, 2.75) is 0 Å². The summed E-state index contributed by atoms with van der Waals surface area (Å²) in [6, 6.07) is 21.0. The number of rotatable bonds is 6. The van der Waals surface area contributed by atoms with Gasteiger partial charge in [0.25, 0.3) is 5.91 Å². The lowest BCUT2D eigenvalue weighted by atomic mass is 10.0. The monoisotopic (exact) mass is 461 g/mol. The molecule has 0 bridgehead atoms. The molecule has 4 amide bonds. The third-order valence-corrected chi connectivity index (χ3v) is 5.26. The number of hydrogen-bond acceptors (Lipinski definition) is 4. The summed E-state index contributed by atoms with van der Waals surface area (Å²) in [5, 5.41) is 5.71. The highest BCUT2D eigenvalue weighted by Gasteiger charge is 2.34. The van der Waals surface area contributed by atoms with Crippen LogP contribution in [0.25, 0.3) is 17.2 Å². The summed E-state index contributed by atoms with van der Waals surface area (Å²) >= 11 is 5.83. The molecule has 3 aromatic carbocycles. The molecular formula is C25H20ClN3O4. The summed E-state index contributed by atoms with van der Waals surface area (Å²) in [5.74, 6) is -0.304. The summed E-state index contributed by atoms with van der Waals surface area (Å²) in [5.41, 5.74) is 3.29. The Labute approximate surface area is 195 Å². The second kappa shape index (κ2) is 9.58. The van der Waals surface area contributed by atoms with E-state index >= 15 is 0 Å². The standard InChI is InChI=1S/C25H20ClN3O4/c1-33-21-11-5-17(6-12-21)18-4-2-3-16(13-18)14-22-24(31)29(25(32)28-22)15-23(30)27-20-9-7-19(26)8-10-20/h2-14H,15H2,1H3,(H,27,30)(H,28,32)/b22-14-. The van der Waals surface area contributed by atoms with Gasteiger partial charge in [0, 0.05) is 10.7 Å². The molecule has 0 aromatic heterocycles. The van der Waals surface area contributed by atoms with Crippen molar-refractivity contribution in [1.82, 2.24) is 10.2 Å². The fourth-order valence-electron chi connectivity index (χ4n) is 3.35. The average Bonchev–Trinajstić information content (AvgIpc) is 3.08. The number of anilines is 1. The lowest BCUT2D eigenvalue weighted by molar-refractivity contribution is -0.127. The predicted octanol–water partition coefficient (Wildman–Crippen LogP) is 4.55. The van der Waals surface area contributed by atoms with E-state index in [4.69, 9.17) is 16.3 Å². The maximum absolute atomic E-state index is 12.7. The molecule has 0 spiro atoms. The van der Waals surface area contributed by atoms with Gasteiger partial charge >= 0.3 is 6.03 Å². The molecule has 3 aromatic rings. The molecule has 0 unspecified atom stereocenters. The van der Waals surface area contributed by atoms with Gasteiger partial charge in [-0.3, -0.25) is 9.59 Å². The molecule has 33 heavy (non-hydrogen) atoms. The third-order valence-electron chi connectivity index (χ3n) is 5.01. The molecular weight excluding hydrogens is 442 g/mol. The van der Waals surface area contributed by atoms with Gasteiger partial charge in [-0.05, 0) is 65.2 Å². The van der Waals surface area contributed by atoms with E-state index in [1.54, 1.807) is 37.5 Å². The molecule has 0 atom stereocenters. The average molecular weight is 462 g/mol. The van der Waals surface area contributed by atoms with Gasteiger partial charge in [-0.1, -0.05) is 41.9 Å². The maximum Gasteiger partial charge on any atom is 0.329 e. The maximum atomic E-state index is 12.7. The number of nitrogens with one attached hydrogen (secondary N) is 2. The number of halogens is 1. The fraction of sp³-hybridized carbons (Fsp3) is 0.0800. The Balaban J connectivity index is 1.47. The molecule has 166 valence electrons. The van der Waals surface area contributed by atoms with Crippen LogP contribution in [0.2, 0.25) is 5.02 Å². The highest BCUT2D eigenvalue weighted by atomic mass is 35.5. The van der Waals surface area contributed by atoms with Crippen molar-refractivity contribution in [1.29, 1.82) is 0 Å². The zero-order valence-electron chi connectivity index (χ0n) is 17.7. The molecule has 0 saturated carbocycles. The van der Waals surface area contributed by atoms with Crippen LogP contribution in [0.4, 0.5) is 10.5 Å². The Morgan fingerprint density at radius 2 is 1.76 bits per heavy atom. The van der Waals surface area contributed by atoms with E-state index in [-0.39, 0.29) is 5.70 Å². The Hall–Kier alpha value is -4.10. The second-order valence-corrected chi connectivity index (χ2v) is 7.72. The summed E-state index contributed by atoms with van der Waals surface area (Å²) in [6.45, 7) is -0.406. The molecule has 4 rings (SSSR count). The Kier molecular flexibility index (Phi) is 6.42. The highest BCUT2D eigenvalue weighted by Crippen LogP contribution is 2.24. The summed E-state index contributed by atoms with van der Waals surface area (Å²) in [4.78, 5) is 38.2. The topological polar surface area (TPSA) is 87.7 Å². The van der Waals surface area contributed by atoms with E-state index in [1.165, 1.54) is 0 Å². The van der Waals surface area contributed by atoms with E-state index in [9.17, 15) is 14.4 Å². The van der Waals surface area contributed by atoms with Crippen LogP contribution in [0.3, 0.4) is 0 Å². The zero-order valence-corrected chi connectivity index (χ0v) is 18.4. The molecule has 1 heterocycles. The molecule has 1 aliphatic heterocycles. The fourth-order valence-corrected chi connectivity index (χ4v) is 3.48. The van der Waals surface area contributed by atoms with E-state index in [0.29, 0.717) is 10.7 Å². The van der Waals surface area contributed by atoms with Gasteiger partial charge in [0.1, 0.15) is 18.0 Å². The number of amides is 4. The number of carbonyl (C=O) groups excluding carboxylic acids is 3. The molecule has 1 aliphatic rings. The number of urea groups is 1. The predicted molar refractivity (Wildman–Crippen MR) is 127 cm³/mol. The van der Waals surface area contributed by atoms with E-state index < -0.39 is 24.4 Å². The van der Waals surface area contributed by atoms with Crippen LogP contribution in [-0.2, 0) is 9.59 Å². The zero-order chi connectivity index (χ0) is 23.4. The van der Waals surface area contributed by atoms with Gasteiger partial charge in [-0.25, -0.2) is 9.69 Å².